The molecular weight excluding hydrogens is 387 g/mol. The summed E-state index contributed by atoms with van der Waals surface area (Å²) >= 11 is 0. The van der Waals surface area contributed by atoms with Gasteiger partial charge < -0.3 is 10.1 Å². The SMILES string of the molecule is CN(CC(=O)OCC(=O)NC1CCCCCCC1)S(=O)(=O)c1ccc(F)cc1. The number of nitrogens with one attached hydrogen (secondary N) is 1. The Labute approximate surface area is 165 Å². The minimum absolute atomic E-state index is 0.0908. The summed E-state index contributed by atoms with van der Waals surface area (Å²) < 4.78 is 43.4. The predicted molar refractivity (Wildman–Crippen MR) is 101 cm³/mol. The number of nitrogens with zero attached hydrogens (tertiary/aromatic N) is 1. The largest absolute Gasteiger partial charge is 0.455 e. The number of rotatable bonds is 7. The molecule has 0 radical (unpaired) electrons. The normalized spacial score (nSPS) is 16.2. The van der Waals surface area contributed by atoms with E-state index in [0.717, 1.165) is 67.1 Å². The van der Waals surface area contributed by atoms with Crippen LogP contribution in [0.4, 0.5) is 4.39 Å². The molecule has 28 heavy (non-hydrogen) atoms. The molecule has 7 nitrogen and oxygen atoms in total. The highest BCUT2D eigenvalue weighted by molar-refractivity contribution is 7.89. The first-order valence-corrected chi connectivity index (χ1v) is 10.9. The van der Waals surface area contributed by atoms with E-state index in [4.69, 9.17) is 4.74 Å². The minimum atomic E-state index is -3.95. The molecule has 0 aromatic heterocycles. The highest BCUT2D eigenvalue weighted by Gasteiger charge is 2.24. The van der Waals surface area contributed by atoms with E-state index in [-0.39, 0.29) is 16.8 Å². The Hall–Kier alpha value is -2.00. The van der Waals surface area contributed by atoms with Gasteiger partial charge in [-0.1, -0.05) is 32.1 Å². The Morgan fingerprint density at radius 2 is 1.68 bits per heavy atom. The molecule has 1 saturated carbocycles. The number of hydrogen-bond acceptors (Lipinski definition) is 5. The van der Waals surface area contributed by atoms with E-state index in [1.807, 2.05) is 0 Å². The molecule has 1 aliphatic carbocycles. The number of hydrogen-bond donors (Lipinski definition) is 1. The van der Waals surface area contributed by atoms with Crippen molar-refractivity contribution >= 4 is 21.9 Å². The third-order valence-corrected chi connectivity index (χ3v) is 6.53. The van der Waals surface area contributed by atoms with Gasteiger partial charge in [-0.25, -0.2) is 12.8 Å². The van der Waals surface area contributed by atoms with Crippen LogP contribution >= 0.6 is 0 Å². The summed E-state index contributed by atoms with van der Waals surface area (Å²) in [7, 11) is -2.74. The van der Waals surface area contributed by atoms with Crippen molar-refractivity contribution in [3.05, 3.63) is 30.1 Å². The summed E-state index contributed by atoms with van der Waals surface area (Å²) in [6.07, 6.45) is 7.52. The number of carbonyl (C=O) groups is 2. The molecule has 0 aliphatic heterocycles. The average Bonchev–Trinajstić information content (AvgIpc) is 2.62. The quantitative estimate of drug-likeness (QED) is 0.691. The molecular formula is C19H27FN2O5S. The second kappa shape index (κ2) is 10.5. The molecule has 1 N–H and O–H groups in total. The van der Waals surface area contributed by atoms with Crippen LogP contribution in [0.25, 0.3) is 0 Å². The van der Waals surface area contributed by atoms with E-state index in [0.29, 0.717) is 0 Å². The summed E-state index contributed by atoms with van der Waals surface area (Å²) in [5, 5.41) is 2.87. The van der Waals surface area contributed by atoms with Crippen LogP contribution in [-0.2, 0) is 24.3 Å². The fourth-order valence-corrected chi connectivity index (χ4v) is 4.23. The van der Waals surface area contributed by atoms with Gasteiger partial charge in [0.25, 0.3) is 5.91 Å². The number of likely N-dealkylation sites (N-methyl/N-ethyl adjacent to an activating group) is 1. The van der Waals surface area contributed by atoms with Gasteiger partial charge in [0, 0.05) is 13.1 Å². The maximum atomic E-state index is 13.0. The van der Waals surface area contributed by atoms with Crippen molar-refractivity contribution in [1.82, 2.24) is 9.62 Å². The zero-order valence-electron chi connectivity index (χ0n) is 16.0. The first-order valence-electron chi connectivity index (χ1n) is 9.46. The van der Waals surface area contributed by atoms with Gasteiger partial charge in [0.15, 0.2) is 6.61 Å². The van der Waals surface area contributed by atoms with E-state index in [1.54, 1.807) is 0 Å². The first-order chi connectivity index (χ1) is 13.3. The number of carbonyl (C=O) groups excluding carboxylic acids is 2. The van der Waals surface area contributed by atoms with E-state index < -0.39 is 35.0 Å². The van der Waals surface area contributed by atoms with Crippen molar-refractivity contribution in [2.75, 3.05) is 20.2 Å². The highest BCUT2D eigenvalue weighted by Crippen LogP contribution is 2.17. The van der Waals surface area contributed by atoms with Gasteiger partial charge in [-0.05, 0) is 37.1 Å². The molecule has 9 heteroatoms. The molecule has 2 rings (SSSR count). The van der Waals surface area contributed by atoms with Gasteiger partial charge in [0.05, 0.1) is 4.90 Å². The molecule has 0 heterocycles. The highest BCUT2D eigenvalue weighted by atomic mass is 32.2. The Kier molecular flexibility index (Phi) is 8.37. The maximum Gasteiger partial charge on any atom is 0.321 e. The lowest BCUT2D eigenvalue weighted by Crippen LogP contribution is -2.39. The molecule has 0 unspecified atom stereocenters. The van der Waals surface area contributed by atoms with Crippen LogP contribution in [0.5, 0.6) is 0 Å². The van der Waals surface area contributed by atoms with Gasteiger partial charge in [-0.15, -0.1) is 0 Å². The Balaban J connectivity index is 1.79. The average molecular weight is 414 g/mol. The number of benzene rings is 1. The summed E-state index contributed by atoms with van der Waals surface area (Å²) in [5.74, 6) is -1.78. The third-order valence-electron chi connectivity index (χ3n) is 4.71. The van der Waals surface area contributed by atoms with Crippen molar-refractivity contribution in [2.24, 2.45) is 0 Å². The molecule has 156 valence electrons. The van der Waals surface area contributed by atoms with Gasteiger partial charge in [-0.3, -0.25) is 9.59 Å². The Bertz CT molecular complexity index is 759. The lowest BCUT2D eigenvalue weighted by atomic mass is 9.97. The van der Waals surface area contributed by atoms with Crippen LogP contribution in [0.2, 0.25) is 0 Å². The summed E-state index contributed by atoms with van der Waals surface area (Å²) in [5.41, 5.74) is 0. The van der Waals surface area contributed by atoms with Crippen LogP contribution < -0.4 is 5.32 Å². The smallest absolute Gasteiger partial charge is 0.321 e. The molecule has 0 bridgehead atoms. The van der Waals surface area contributed by atoms with Crippen molar-refractivity contribution < 1.29 is 27.1 Å². The first kappa shape index (κ1) is 22.3. The molecule has 1 aromatic rings. The summed E-state index contributed by atoms with van der Waals surface area (Å²) in [4.78, 5) is 23.8. The lowest BCUT2D eigenvalue weighted by Gasteiger charge is -2.21. The summed E-state index contributed by atoms with van der Waals surface area (Å²) in [6, 6.07) is 4.38. The zero-order chi connectivity index (χ0) is 20.6. The second-order valence-corrected chi connectivity index (χ2v) is 9.03. The van der Waals surface area contributed by atoms with E-state index in [2.05, 4.69) is 5.32 Å². The van der Waals surface area contributed by atoms with E-state index >= 15 is 0 Å². The van der Waals surface area contributed by atoms with Crippen LogP contribution in [0, 0.1) is 5.82 Å². The number of esters is 1. The molecule has 1 aliphatic rings. The van der Waals surface area contributed by atoms with Crippen LogP contribution in [0.1, 0.15) is 44.9 Å². The minimum Gasteiger partial charge on any atom is -0.455 e. The molecule has 0 spiro atoms. The Morgan fingerprint density at radius 3 is 2.29 bits per heavy atom. The third kappa shape index (κ3) is 6.87. The van der Waals surface area contributed by atoms with Crippen molar-refractivity contribution in [3.8, 4) is 0 Å². The predicted octanol–water partition coefficient (Wildman–Crippen LogP) is 2.22. The fraction of sp³-hybridized carbons (Fsp3) is 0.579. The number of amides is 1. The number of halogens is 1. The van der Waals surface area contributed by atoms with E-state index in [9.17, 15) is 22.4 Å². The molecule has 0 atom stereocenters. The van der Waals surface area contributed by atoms with Gasteiger partial charge >= 0.3 is 5.97 Å². The number of sulfonamides is 1. The van der Waals surface area contributed by atoms with Crippen LogP contribution in [0.15, 0.2) is 29.2 Å². The van der Waals surface area contributed by atoms with Gasteiger partial charge in [0.2, 0.25) is 10.0 Å². The zero-order valence-corrected chi connectivity index (χ0v) is 16.8. The number of ether oxygens (including phenoxy) is 1. The van der Waals surface area contributed by atoms with Crippen molar-refractivity contribution in [3.63, 3.8) is 0 Å². The van der Waals surface area contributed by atoms with Gasteiger partial charge in [-0.2, -0.15) is 4.31 Å². The van der Waals surface area contributed by atoms with Crippen LogP contribution in [0.3, 0.4) is 0 Å². The monoisotopic (exact) mass is 414 g/mol. The Morgan fingerprint density at radius 1 is 1.11 bits per heavy atom. The van der Waals surface area contributed by atoms with Crippen molar-refractivity contribution in [1.29, 1.82) is 0 Å². The molecule has 0 saturated heterocycles. The fourth-order valence-electron chi connectivity index (χ4n) is 3.11. The molecule has 1 aromatic carbocycles. The summed E-state index contributed by atoms with van der Waals surface area (Å²) in [6.45, 7) is -0.990. The standard InChI is InChI=1S/C19H27FN2O5S/c1-22(28(25,26)17-11-9-15(20)10-12-17)13-19(24)27-14-18(23)21-16-7-5-3-2-4-6-8-16/h9-12,16H,2-8,13-14H2,1H3,(H,21,23). The van der Waals surface area contributed by atoms with Crippen LogP contribution in [-0.4, -0.2) is 50.8 Å². The van der Waals surface area contributed by atoms with Gasteiger partial charge in [0.1, 0.15) is 12.4 Å². The lowest BCUT2D eigenvalue weighted by molar-refractivity contribution is -0.148. The van der Waals surface area contributed by atoms with E-state index in [1.165, 1.54) is 13.5 Å². The topological polar surface area (TPSA) is 92.8 Å². The molecule has 1 fully saturated rings. The van der Waals surface area contributed by atoms with Crippen molar-refractivity contribution in [2.45, 2.75) is 55.9 Å². The molecule has 1 amide bonds. The maximum absolute atomic E-state index is 13.0. The second-order valence-electron chi connectivity index (χ2n) is 6.99.